The van der Waals surface area contributed by atoms with E-state index in [1.54, 1.807) is 0 Å². The summed E-state index contributed by atoms with van der Waals surface area (Å²) in [5, 5.41) is 0. The molecule has 0 radical (unpaired) electrons. The second-order valence-corrected chi connectivity index (χ2v) is 8.65. The molecule has 3 rings (SSSR count). The molecule has 1 unspecified atom stereocenters. The lowest BCUT2D eigenvalue weighted by Gasteiger charge is -2.42. The molecule has 0 heterocycles. The first-order valence-electron chi connectivity index (χ1n) is 11.6. The van der Waals surface area contributed by atoms with E-state index in [0.29, 0.717) is 12.5 Å². The van der Waals surface area contributed by atoms with Gasteiger partial charge < -0.3 is 4.74 Å². The molecule has 0 saturated heterocycles. The molecule has 0 spiro atoms. The quantitative estimate of drug-likeness (QED) is 0.336. The molecule has 2 aliphatic carbocycles. The number of hydrogen-bond acceptors (Lipinski definition) is 1. The Morgan fingerprint density at radius 3 is 2.53 bits per heavy atom. The Kier molecular flexibility index (Phi) is 8.28. The number of allylic oxidation sites excluding steroid dienone is 2. The molecule has 162 valence electrons. The summed E-state index contributed by atoms with van der Waals surface area (Å²) in [6.07, 6.45) is 17.4. The van der Waals surface area contributed by atoms with Gasteiger partial charge in [0, 0.05) is 12.2 Å². The highest BCUT2D eigenvalue weighted by Gasteiger charge is 2.39. The summed E-state index contributed by atoms with van der Waals surface area (Å²) in [6, 6.07) is 4.09. The van der Waals surface area contributed by atoms with E-state index in [0.717, 1.165) is 24.0 Å². The summed E-state index contributed by atoms with van der Waals surface area (Å²) >= 11 is 0. The van der Waals surface area contributed by atoms with E-state index in [1.165, 1.54) is 63.5 Å². The Hall–Kier alpha value is -1.92. The average Bonchev–Trinajstić information content (AvgIpc) is 2.77. The van der Waals surface area contributed by atoms with Crippen molar-refractivity contribution in [2.75, 3.05) is 6.61 Å². The van der Waals surface area contributed by atoms with Crippen molar-refractivity contribution >= 4 is 0 Å². The molecule has 2 aliphatic rings. The highest BCUT2D eigenvalue weighted by molar-refractivity contribution is 5.47. The normalized spacial score (nSPS) is 26.1. The predicted octanol–water partition coefficient (Wildman–Crippen LogP) is 7.36. The van der Waals surface area contributed by atoms with Gasteiger partial charge in [-0.1, -0.05) is 75.5 Å². The minimum Gasteiger partial charge on any atom is -0.371 e. The largest absolute Gasteiger partial charge is 0.371 e. The number of ether oxygens (including phenoxy) is 1. The molecule has 1 nitrogen and oxygen atoms in total. The van der Waals surface area contributed by atoms with Crippen LogP contribution in [0.2, 0.25) is 0 Å². The lowest BCUT2D eigenvalue weighted by molar-refractivity contribution is -0.0585. The topological polar surface area (TPSA) is 9.23 Å². The van der Waals surface area contributed by atoms with Gasteiger partial charge in [-0.3, -0.25) is 0 Å². The minimum absolute atomic E-state index is 0.0901. The molecule has 1 atom stereocenters. The van der Waals surface area contributed by atoms with Crippen molar-refractivity contribution in [1.82, 2.24) is 0 Å². The first-order valence-corrected chi connectivity index (χ1v) is 11.6. The standard InChI is InChI=1S/C27H34F2O/c1-3-5-6-8-21-12-15-24(16-13-21)27(30-4-2)19-17-22(18-20-27)11-14-23-9-7-10-25(28)26(23)29/h7,9-10,17-19,21,24H,3-6,8,12-13,15-16,20H2,1-2H3/t21-,24-,27?. The summed E-state index contributed by atoms with van der Waals surface area (Å²) in [5.41, 5.74) is 0.674. The van der Waals surface area contributed by atoms with E-state index in [1.807, 2.05) is 6.08 Å². The van der Waals surface area contributed by atoms with Gasteiger partial charge in [0.25, 0.3) is 0 Å². The van der Waals surface area contributed by atoms with Gasteiger partial charge in [0.2, 0.25) is 0 Å². The molecule has 3 heteroatoms. The maximum absolute atomic E-state index is 13.8. The molecule has 30 heavy (non-hydrogen) atoms. The van der Waals surface area contributed by atoms with Crippen molar-refractivity contribution in [3.63, 3.8) is 0 Å². The monoisotopic (exact) mass is 412 g/mol. The number of hydrogen-bond donors (Lipinski definition) is 0. The molecule has 1 saturated carbocycles. The first kappa shape index (κ1) is 22.8. The van der Waals surface area contributed by atoms with Crippen molar-refractivity contribution < 1.29 is 13.5 Å². The molecule has 0 aromatic heterocycles. The van der Waals surface area contributed by atoms with Crippen LogP contribution >= 0.6 is 0 Å². The van der Waals surface area contributed by atoms with E-state index in [-0.39, 0.29) is 11.2 Å². The molecule has 0 aliphatic heterocycles. The Labute approximate surface area is 180 Å². The molecule has 1 aromatic carbocycles. The average molecular weight is 413 g/mol. The third kappa shape index (κ3) is 5.61. The number of unbranched alkanes of at least 4 members (excludes halogenated alkanes) is 2. The van der Waals surface area contributed by atoms with Crippen LogP contribution < -0.4 is 0 Å². The lowest BCUT2D eigenvalue weighted by Crippen LogP contribution is -2.41. The van der Waals surface area contributed by atoms with Gasteiger partial charge in [-0.15, -0.1) is 0 Å². The second-order valence-electron chi connectivity index (χ2n) is 8.65. The molecule has 1 fully saturated rings. The lowest BCUT2D eigenvalue weighted by atomic mass is 9.70. The summed E-state index contributed by atoms with van der Waals surface area (Å²) in [5.74, 6) is 5.41. The Bertz CT molecular complexity index is 821. The Morgan fingerprint density at radius 2 is 1.87 bits per heavy atom. The van der Waals surface area contributed by atoms with E-state index in [2.05, 4.69) is 37.8 Å². The van der Waals surface area contributed by atoms with Gasteiger partial charge >= 0.3 is 0 Å². The molecule has 1 aromatic rings. The van der Waals surface area contributed by atoms with Crippen molar-refractivity contribution in [1.29, 1.82) is 0 Å². The highest BCUT2D eigenvalue weighted by Crippen LogP contribution is 2.43. The van der Waals surface area contributed by atoms with Gasteiger partial charge in [-0.2, -0.15) is 0 Å². The van der Waals surface area contributed by atoms with Crippen molar-refractivity contribution in [3.05, 3.63) is 59.2 Å². The Morgan fingerprint density at radius 1 is 1.07 bits per heavy atom. The fraction of sp³-hybridized carbons (Fsp3) is 0.556. The Balaban J connectivity index is 1.63. The second kappa shape index (κ2) is 10.9. The van der Waals surface area contributed by atoms with Crippen LogP contribution in [0.4, 0.5) is 8.78 Å². The summed E-state index contributed by atoms with van der Waals surface area (Å²) in [7, 11) is 0. The van der Waals surface area contributed by atoms with Crippen LogP contribution in [0.1, 0.15) is 77.2 Å². The van der Waals surface area contributed by atoms with Crippen LogP contribution in [0.3, 0.4) is 0 Å². The number of halogens is 2. The van der Waals surface area contributed by atoms with Gasteiger partial charge in [0.1, 0.15) is 0 Å². The minimum atomic E-state index is -0.884. The molecule has 0 N–H and O–H groups in total. The number of benzene rings is 1. The third-order valence-corrected chi connectivity index (χ3v) is 6.65. The van der Waals surface area contributed by atoms with Crippen LogP contribution in [0.25, 0.3) is 0 Å². The molecular formula is C27H34F2O. The molecular weight excluding hydrogens is 378 g/mol. The van der Waals surface area contributed by atoms with Gasteiger partial charge in [-0.25, -0.2) is 8.78 Å². The van der Waals surface area contributed by atoms with E-state index < -0.39 is 11.6 Å². The van der Waals surface area contributed by atoms with Crippen molar-refractivity contribution in [2.45, 2.75) is 77.2 Å². The smallest absolute Gasteiger partial charge is 0.174 e. The van der Waals surface area contributed by atoms with Crippen molar-refractivity contribution in [3.8, 4) is 11.8 Å². The van der Waals surface area contributed by atoms with Crippen LogP contribution in [-0.2, 0) is 4.74 Å². The summed E-state index contributed by atoms with van der Waals surface area (Å²) in [6.45, 7) is 5.00. The van der Waals surface area contributed by atoms with Crippen LogP contribution in [0.5, 0.6) is 0 Å². The van der Waals surface area contributed by atoms with E-state index in [4.69, 9.17) is 4.74 Å². The fourth-order valence-corrected chi connectivity index (χ4v) is 4.89. The zero-order valence-electron chi connectivity index (χ0n) is 18.4. The van der Waals surface area contributed by atoms with Gasteiger partial charge in [-0.05, 0) is 56.2 Å². The van der Waals surface area contributed by atoms with E-state index >= 15 is 0 Å². The third-order valence-electron chi connectivity index (χ3n) is 6.65. The predicted molar refractivity (Wildman–Crippen MR) is 119 cm³/mol. The van der Waals surface area contributed by atoms with Crippen LogP contribution in [0.15, 0.2) is 42.0 Å². The summed E-state index contributed by atoms with van der Waals surface area (Å²) in [4.78, 5) is 0. The molecule has 0 amide bonds. The van der Waals surface area contributed by atoms with Crippen molar-refractivity contribution in [2.24, 2.45) is 11.8 Å². The maximum atomic E-state index is 13.8. The van der Waals surface area contributed by atoms with E-state index in [9.17, 15) is 8.78 Å². The van der Waals surface area contributed by atoms with Crippen LogP contribution in [-0.4, -0.2) is 12.2 Å². The van der Waals surface area contributed by atoms with Gasteiger partial charge in [0.15, 0.2) is 11.6 Å². The zero-order chi connectivity index (χ0) is 21.4. The fourth-order valence-electron chi connectivity index (χ4n) is 4.89. The number of rotatable bonds is 7. The van der Waals surface area contributed by atoms with Gasteiger partial charge in [0.05, 0.1) is 11.2 Å². The van der Waals surface area contributed by atoms with Crippen LogP contribution in [0, 0.1) is 35.3 Å². The maximum Gasteiger partial charge on any atom is 0.174 e. The SMILES string of the molecule is CCCCC[C@H]1CC[C@H](C2(OCC)C=CC(C#Cc3cccc(F)c3F)=CC2)CC1. The zero-order valence-corrected chi connectivity index (χ0v) is 18.4. The first-order chi connectivity index (χ1) is 14.6. The summed E-state index contributed by atoms with van der Waals surface area (Å²) < 4.78 is 33.5. The molecule has 0 bridgehead atoms. The highest BCUT2D eigenvalue weighted by atomic mass is 19.2.